The Kier molecular flexibility index (Phi) is 5.18. The highest BCUT2D eigenvalue weighted by Crippen LogP contribution is 2.23. The summed E-state index contributed by atoms with van der Waals surface area (Å²) in [6, 6.07) is 14.9. The van der Waals surface area contributed by atoms with Crippen molar-refractivity contribution in [3.63, 3.8) is 0 Å². The second-order valence-corrected chi connectivity index (χ2v) is 8.23. The molecule has 6 nitrogen and oxygen atoms in total. The number of nitrogens with zero attached hydrogens (tertiary/aromatic N) is 2. The van der Waals surface area contributed by atoms with Crippen molar-refractivity contribution in [2.45, 2.75) is 6.92 Å². The van der Waals surface area contributed by atoms with Crippen molar-refractivity contribution in [1.82, 2.24) is 4.90 Å². The normalized spacial score (nSPS) is 15.0. The molecule has 0 spiro atoms. The molecule has 7 heteroatoms. The zero-order valence-electron chi connectivity index (χ0n) is 15.0. The number of sulfonamides is 1. The van der Waals surface area contributed by atoms with E-state index in [0.29, 0.717) is 24.3 Å². The maximum atomic E-state index is 12.9. The number of rotatable bonds is 4. The molecule has 1 N–H and O–H groups in total. The van der Waals surface area contributed by atoms with Gasteiger partial charge in [-0.25, -0.2) is 8.42 Å². The molecule has 26 heavy (non-hydrogen) atoms. The lowest BCUT2D eigenvalue weighted by Crippen LogP contribution is -2.49. The highest BCUT2D eigenvalue weighted by Gasteiger charge is 2.24. The highest BCUT2D eigenvalue weighted by atomic mass is 32.2. The number of piperazine rings is 1. The maximum absolute atomic E-state index is 12.9. The number of hydrogen-bond acceptors (Lipinski definition) is 4. The first kappa shape index (κ1) is 18.3. The van der Waals surface area contributed by atoms with Crippen LogP contribution in [-0.2, 0) is 10.0 Å². The number of nitrogens with one attached hydrogen (secondary N) is 1. The minimum atomic E-state index is -3.44. The van der Waals surface area contributed by atoms with Gasteiger partial charge in [-0.1, -0.05) is 30.3 Å². The van der Waals surface area contributed by atoms with E-state index in [-0.39, 0.29) is 5.91 Å². The van der Waals surface area contributed by atoms with E-state index in [0.717, 1.165) is 19.3 Å². The summed E-state index contributed by atoms with van der Waals surface area (Å²) in [5.41, 5.74) is 3.11. The number of carbonyl (C=O) groups is 1. The van der Waals surface area contributed by atoms with Gasteiger partial charge in [-0.05, 0) is 30.7 Å². The van der Waals surface area contributed by atoms with Crippen LogP contribution in [0.5, 0.6) is 0 Å². The summed E-state index contributed by atoms with van der Waals surface area (Å²) >= 11 is 0. The van der Waals surface area contributed by atoms with Gasteiger partial charge in [0.05, 0.1) is 17.5 Å². The van der Waals surface area contributed by atoms with Gasteiger partial charge in [0, 0.05) is 31.9 Å². The van der Waals surface area contributed by atoms with E-state index >= 15 is 0 Å². The molecule has 1 aliphatic rings. The van der Waals surface area contributed by atoms with Crippen molar-refractivity contribution in [2.24, 2.45) is 0 Å². The molecule has 1 amide bonds. The van der Waals surface area contributed by atoms with Crippen LogP contribution >= 0.6 is 0 Å². The first-order valence-electron chi connectivity index (χ1n) is 8.52. The van der Waals surface area contributed by atoms with Crippen LogP contribution in [0.25, 0.3) is 0 Å². The number of para-hydroxylation sites is 2. The van der Waals surface area contributed by atoms with Crippen LogP contribution in [0.1, 0.15) is 15.9 Å². The van der Waals surface area contributed by atoms with Crippen LogP contribution in [0.4, 0.5) is 11.4 Å². The third kappa shape index (κ3) is 4.16. The molecule has 0 aliphatic carbocycles. The van der Waals surface area contributed by atoms with E-state index in [1.807, 2.05) is 12.1 Å². The first-order valence-corrected chi connectivity index (χ1v) is 10.4. The Morgan fingerprint density at radius 1 is 0.962 bits per heavy atom. The summed E-state index contributed by atoms with van der Waals surface area (Å²) in [5, 5.41) is 0. The number of carbonyl (C=O) groups excluding carboxylic acids is 1. The zero-order valence-corrected chi connectivity index (χ0v) is 15.8. The van der Waals surface area contributed by atoms with Crippen LogP contribution in [-0.4, -0.2) is 51.7 Å². The van der Waals surface area contributed by atoms with Crippen molar-refractivity contribution in [3.05, 3.63) is 59.7 Å². The molecule has 0 aromatic heterocycles. The number of anilines is 2. The molecular weight excluding hydrogens is 350 g/mol. The SMILES string of the molecule is Cc1ccccc1N1CCN(C(=O)c2ccccc2NS(C)(=O)=O)CC1. The lowest BCUT2D eigenvalue weighted by molar-refractivity contribution is 0.0748. The lowest BCUT2D eigenvalue weighted by atomic mass is 10.1. The van der Waals surface area contributed by atoms with Crippen molar-refractivity contribution < 1.29 is 13.2 Å². The van der Waals surface area contributed by atoms with Crippen molar-refractivity contribution in [2.75, 3.05) is 42.1 Å². The first-order chi connectivity index (χ1) is 12.3. The van der Waals surface area contributed by atoms with Crippen LogP contribution < -0.4 is 9.62 Å². The van der Waals surface area contributed by atoms with Gasteiger partial charge in [-0.3, -0.25) is 9.52 Å². The Morgan fingerprint density at radius 3 is 2.23 bits per heavy atom. The lowest BCUT2D eigenvalue weighted by Gasteiger charge is -2.37. The van der Waals surface area contributed by atoms with Crippen molar-refractivity contribution in [3.8, 4) is 0 Å². The molecule has 1 saturated heterocycles. The van der Waals surface area contributed by atoms with E-state index in [1.54, 1.807) is 29.2 Å². The Bertz CT molecular complexity index is 904. The van der Waals surface area contributed by atoms with Crippen LogP contribution in [0, 0.1) is 6.92 Å². The molecule has 2 aromatic carbocycles. The molecule has 1 heterocycles. The zero-order chi connectivity index (χ0) is 18.7. The number of benzene rings is 2. The van der Waals surface area contributed by atoms with Crippen LogP contribution in [0.15, 0.2) is 48.5 Å². The summed E-state index contributed by atoms with van der Waals surface area (Å²) < 4.78 is 25.5. The summed E-state index contributed by atoms with van der Waals surface area (Å²) in [5.74, 6) is -0.152. The molecule has 138 valence electrons. The van der Waals surface area contributed by atoms with E-state index in [4.69, 9.17) is 0 Å². The second-order valence-electron chi connectivity index (χ2n) is 6.49. The predicted octanol–water partition coefficient (Wildman–Crippen LogP) is 2.33. The number of aryl methyl sites for hydroxylation is 1. The van der Waals surface area contributed by atoms with Gasteiger partial charge in [0.15, 0.2) is 0 Å². The van der Waals surface area contributed by atoms with Gasteiger partial charge in [0.1, 0.15) is 0 Å². The summed E-state index contributed by atoms with van der Waals surface area (Å²) in [6.07, 6.45) is 1.08. The fourth-order valence-corrected chi connectivity index (χ4v) is 3.77. The molecule has 1 fully saturated rings. The highest BCUT2D eigenvalue weighted by molar-refractivity contribution is 7.92. The molecule has 2 aromatic rings. The summed E-state index contributed by atoms with van der Waals surface area (Å²) in [6.45, 7) is 4.78. The summed E-state index contributed by atoms with van der Waals surface area (Å²) in [7, 11) is -3.44. The smallest absolute Gasteiger partial charge is 0.256 e. The second kappa shape index (κ2) is 7.37. The molecule has 0 bridgehead atoms. The topological polar surface area (TPSA) is 69.7 Å². The van der Waals surface area contributed by atoms with Gasteiger partial charge >= 0.3 is 0 Å². The van der Waals surface area contributed by atoms with Gasteiger partial charge < -0.3 is 9.80 Å². The minimum Gasteiger partial charge on any atom is -0.368 e. The van der Waals surface area contributed by atoms with Crippen molar-refractivity contribution in [1.29, 1.82) is 0 Å². The third-order valence-electron chi connectivity index (χ3n) is 4.48. The van der Waals surface area contributed by atoms with E-state index < -0.39 is 10.0 Å². The van der Waals surface area contributed by atoms with Gasteiger partial charge in [0.2, 0.25) is 10.0 Å². The molecular formula is C19H23N3O3S. The Morgan fingerprint density at radius 2 is 1.58 bits per heavy atom. The fraction of sp³-hybridized carbons (Fsp3) is 0.316. The fourth-order valence-electron chi connectivity index (χ4n) is 3.20. The monoisotopic (exact) mass is 373 g/mol. The Balaban J connectivity index is 1.73. The molecule has 0 unspecified atom stereocenters. The van der Waals surface area contributed by atoms with E-state index in [2.05, 4.69) is 28.7 Å². The van der Waals surface area contributed by atoms with Crippen molar-refractivity contribution >= 4 is 27.3 Å². The average Bonchev–Trinajstić information content (AvgIpc) is 2.61. The molecule has 0 radical (unpaired) electrons. The minimum absolute atomic E-state index is 0.152. The van der Waals surface area contributed by atoms with E-state index in [1.165, 1.54) is 11.3 Å². The number of amides is 1. The maximum Gasteiger partial charge on any atom is 0.256 e. The van der Waals surface area contributed by atoms with Crippen LogP contribution in [0.2, 0.25) is 0 Å². The van der Waals surface area contributed by atoms with Crippen LogP contribution in [0.3, 0.4) is 0 Å². The van der Waals surface area contributed by atoms with Gasteiger partial charge in [-0.2, -0.15) is 0 Å². The molecule has 0 atom stereocenters. The standard InChI is InChI=1S/C19H23N3O3S/c1-15-7-3-6-10-18(15)21-11-13-22(14-12-21)19(23)16-8-4-5-9-17(16)20-26(2,24)25/h3-10,20H,11-14H2,1-2H3. The molecule has 0 saturated carbocycles. The Hall–Kier alpha value is -2.54. The van der Waals surface area contributed by atoms with E-state index in [9.17, 15) is 13.2 Å². The number of hydrogen-bond donors (Lipinski definition) is 1. The van der Waals surface area contributed by atoms with Gasteiger partial charge in [-0.15, -0.1) is 0 Å². The molecule has 3 rings (SSSR count). The third-order valence-corrected chi connectivity index (χ3v) is 5.07. The largest absolute Gasteiger partial charge is 0.368 e. The quantitative estimate of drug-likeness (QED) is 0.893. The molecule has 1 aliphatic heterocycles. The van der Waals surface area contributed by atoms with Gasteiger partial charge in [0.25, 0.3) is 5.91 Å². The average molecular weight is 373 g/mol. The summed E-state index contributed by atoms with van der Waals surface area (Å²) in [4.78, 5) is 16.9. The predicted molar refractivity (Wildman–Crippen MR) is 104 cm³/mol. The Labute approximate surface area is 154 Å².